The molecule has 2 N–H and O–H groups in total. The number of nitrogens with two attached hydrogens (primary N) is 1. The number of rotatable bonds is 1. The molecule has 0 spiro atoms. The number of thioether (sulfide) groups is 1. The molecule has 1 aliphatic carbocycles. The molecule has 2 aliphatic heterocycles. The molecule has 2 heterocycles. The van der Waals surface area contributed by atoms with Gasteiger partial charge in [0.1, 0.15) is 5.54 Å². The van der Waals surface area contributed by atoms with Crippen molar-refractivity contribution >= 4 is 17.7 Å². The lowest BCUT2D eigenvalue weighted by molar-refractivity contribution is -0.185. The molecule has 0 radical (unpaired) electrons. The molecular formula is C14H24N2O2S. The topological polar surface area (TPSA) is 55.6 Å². The monoisotopic (exact) mass is 284 g/mol. The van der Waals surface area contributed by atoms with Gasteiger partial charge >= 0.3 is 0 Å². The van der Waals surface area contributed by atoms with Crippen molar-refractivity contribution in [1.82, 2.24) is 4.90 Å². The van der Waals surface area contributed by atoms with Crippen LogP contribution in [0.3, 0.4) is 0 Å². The number of hydrogen-bond acceptors (Lipinski definition) is 4. The van der Waals surface area contributed by atoms with Gasteiger partial charge in [-0.2, -0.15) is 11.8 Å². The van der Waals surface area contributed by atoms with Crippen molar-refractivity contribution in [3.8, 4) is 0 Å². The standard InChI is InChI=1S/C14H24N2O2S/c1-9-8-19-7-5-16(9)12(17)14(15)10-4-6-18-11(10)13(14,2)3/h9-11H,4-8,15H2,1-3H3. The SMILES string of the molecule is CC1CSCCN1C(=O)C1(N)C2CCOC2C1(C)C. The van der Waals surface area contributed by atoms with Crippen molar-refractivity contribution in [2.75, 3.05) is 24.7 Å². The van der Waals surface area contributed by atoms with Crippen LogP contribution in [0, 0.1) is 11.3 Å². The predicted molar refractivity (Wildman–Crippen MR) is 77.0 cm³/mol. The van der Waals surface area contributed by atoms with Crippen LogP contribution in [0.2, 0.25) is 0 Å². The lowest BCUT2D eigenvalue weighted by Crippen LogP contribution is -2.81. The lowest BCUT2D eigenvalue weighted by atomic mass is 9.47. The second-order valence-electron chi connectivity index (χ2n) is 6.70. The largest absolute Gasteiger partial charge is 0.377 e. The van der Waals surface area contributed by atoms with E-state index in [0.29, 0.717) is 6.04 Å². The summed E-state index contributed by atoms with van der Waals surface area (Å²) in [6.45, 7) is 7.87. The molecule has 0 aromatic rings. The van der Waals surface area contributed by atoms with Crippen molar-refractivity contribution in [3.63, 3.8) is 0 Å². The Labute approximate surface area is 119 Å². The van der Waals surface area contributed by atoms with E-state index < -0.39 is 5.54 Å². The van der Waals surface area contributed by atoms with Crippen molar-refractivity contribution in [1.29, 1.82) is 0 Å². The van der Waals surface area contributed by atoms with Gasteiger partial charge < -0.3 is 15.4 Å². The molecule has 3 rings (SSSR count). The van der Waals surface area contributed by atoms with E-state index in [0.717, 1.165) is 31.1 Å². The average Bonchev–Trinajstić information content (AvgIpc) is 2.85. The summed E-state index contributed by atoms with van der Waals surface area (Å²) in [4.78, 5) is 15.0. The van der Waals surface area contributed by atoms with E-state index in [4.69, 9.17) is 10.5 Å². The fourth-order valence-corrected chi connectivity index (χ4v) is 5.10. The van der Waals surface area contributed by atoms with Gasteiger partial charge in [-0.05, 0) is 13.3 Å². The Kier molecular flexibility index (Phi) is 3.15. The van der Waals surface area contributed by atoms with E-state index in [1.165, 1.54) is 0 Å². The molecule has 0 aromatic heterocycles. The van der Waals surface area contributed by atoms with Gasteiger partial charge in [-0.15, -0.1) is 0 Å². The first-order valence-corrected chi connectivity index (χ1v) is 8.35. The molecule has 1 amide bonds. The third kappa shape index (κ3) is 1.64. The number of hydrogen-bond donors (Lipinski definition) is 1. The van der Waals surface area contributed by atoms with Crippen molar-refractivity contribution < 1.29 is 9.53 Å². The van der Waals surface area contributed by atoms with Crippen molar-refractivity contribution in [3.05, 3.63) is 0 Å². The minimum Gasteiger partial charge on any atom is -0.377 e. The second kappa shape index (κ2) is 4.37. The maximum Gasteiger partial charge on any atom is 0.244 e. The zero-order chi connectivity index (χ0) is 13.8. The summed E-state index contributed by atoms with van der Waals surface area (Å²) in [6.07, 6.45) is 1.09. The van der Waals surface area contributed by atoms with Crippen LogP contribution in [0.5, 0.6) is 0 Å². The van der Waals surface area contributed by atoms with Gasteiger partial charge in [-0.3, -0.25) is 4.79 Å². The fraction of sp³-hybridized carbons (Fsp3) is 0.929. The summed E-state index contributed by atoms with van der Waals surface area (Å²) < 4.78 is 5.77. The number of carbonyl (C=O) groups is 1. The Morgan fingerprint density at radius 1 is 1.47 bits per heavy atom. The Hall–Kier alpha value is -0.260. The minimum atomic E-state index is -0.732. The van der Waals surface area contributed by atoms with Gasteiger partial charge in [0, 0.05) is 42.0 Å². The molecule has 0 aromatic carbocycles. The highest BCUT2D eigenvalue weighted by Gasteiger charge is 2.72. The van der Waals surface area contributed by atoms with Crippen LogP contribution in [0.25, 0.3) is 0 Å². The third-order valence-corrected chi connectivity index (χ3v) is 6.63. The van der Waals surface area contributed by atoms with E-state index >= 15 is 0 Å². The van der Waals surface area contributed by atoms with Crippen molar-refractivity contribution in [2.45, 2.75) is 44.9 Å². The van der Waals surface area contributed by atoms with Gasteiger partial charge in [0.2, 0.25) is 5.91 Å². The Bertz CT molecular complexity index is 401. The maximum atomic E-state index is 13.0. The van der Waals surface area contributed by atoms with Crippen LogP contribution < -0.4 is 5.73 Å². The van der Waals surface area contributed by atoms with Gasteiger partial charge in [-0.1, -0.05) is 13.8 Å². The first kappa shape index (κ1) is 13.7. The third-order valence-electron chi connectivity index (χ3n) is 5.44. The number of ether oxygens (including phenoxy) is 1. The maximum absolute atomic E-state index is 13.0. The molecule has 3 aliphatic rings. The van der Waals surface area contributed by atoms with E-state index in [-0.39, 0.29) is 23.3 Å². The van der Waals surface area contributed by atoms with Gasteiger partial charge in [0.15, 0.2) is 0 Å². The predicted octanol–water partition coefficient (Wildman–Crippen LogP) is 1.09. The number of fused-ring (bicyclic) bond motifs is 1. The van der Waals surface area contributed by atoms with Gasteiger partial charge in [-0.25, -0.2) is 0 Å². The van der Waals surface area contributed by atoms with Gasteiger partial charge in [0.05, 0.1) is 6.10 Å². The molecule has 108 valence electrons. The zero-order valence-corrected chi connectivity index (χ0v) is 12.8. The summed E-state index contributed by atoms with van der Waals surface area (Å²) in [6, 6.07) is 0.295. The molecule has 19 heavy (non-hydrogen) atoms. The molecule has 5 heteroatoms. The van der Waals surface area contributed by atoms with Crippen LogP contribution >= 0.6 is 11.8 Å². The molecule has 4 unspecified atom stereocenters. The molecule has 3 fully saturated rings. The minimum absolute atomic E-state index is 0.150. The zero-order valence-electron chi connectivity index (χ0n) is 12.0. The Morgan fingerprint density at radius 3 is 2.89 bits per heavy atom. The number of nitrogens with zero attached hydrogens (tertiary/aromatic N) is 1. The van der Waals surface area contributed by atoms with Crippen LogP contribution in [-0.2, 0) is 9.53 Å². The summed E-state index contributed by atoms with van der Waals surface area (Å²) in [5.41, 5.74) is 5.64. The second-order valence-corrected chi connectivity index (χ2v) is 7.85. The smallest absolute Gasteiger partial charge is 0.244 e. The molecular weight excluding hydrogens is 260 g/mol. The van der Waals surface area contributed by atoms with Crippen molar-refractivity contribution in [2.24, 2.45) is 17.1 Å². The first-order valence-electron chi connectivity index (χ1n) is 7.20. The number of amides is 1. The van der Waals surface area contributed by atoms with E-state index in [1.54, 1.807) is 0 Å². The van der Waals surface area contributed by atoms with Crippen LogP contribution in [0.1, 0.15) is 27.2 Å². The van der Waals surface area contributed by atoms with Crippen LogP contribution in [-0.4, -0.2) is 53.1 Å². The Balaban J connectivity index is 1.86. The molecule has 4 nitrogen and oxygen atoms in total. The van der Waals surface area contributed by atoms with Gasteiger partial charge in [0.25, 0.3) is 0 Å². The molecule has 4 atom stereocenters. The molecule has 2 saturated heterocycles. The highest BCUT2D eigenvalue weighted by atomic mass is 32.2. The summed E-state index contributed by atoms with van der Waals surface area (Å²) in [5, 5.41) is 0. The average molecular weight is 284 g/mol. The first-order chi connectivity index (χ1) is 8.90. The van der Waals surface area contributed by atoms with Crippen LogP contribution in [0.15, 0.2) is 0 Å². The summed E-state index contributed by atoms with van der Waals surface area (Å²) in [5.74, 6) is 2.40. The van der Waals surface area contributed by atoms with E-state index in [1.807, 2.05) is 16.7 Å². The highest BCUT2D eigenvalue weighted by molar-refractivity contribution is 7.99. The normalized spacial score (nSPS) is 44.6. The quantitative estimate of drug-likeness (QED) is 0.783. The summed E-state index contributed by atoms with van der Waals surface area (Å²) in [7, 11) is 0. The Morgan fingerprint density at radius 2 is 2.21 bits per heavy atom. The lowest BCUT2D eigenvalue weighted by Gasteiger charge is -2.62. The van der Waals surface area contributed by atoms with E-state index in [9.17, 15) is 4.79 Å². The van der Waals surface area contributed by atoms with E-state index in [2.05, 4.69) is 20.8 Å². The summed E-state index contributed by atoms with van der Waals surface area (Å²) >= 11 is 1.92. The highest BCUT2D eigenvalue weighted by Crippen LogP contribution is 2.58. The fourth-order valence-electron chi connectivity index (χ4n) is 4.08. The van der Waals surface area contributed by atoms with Crippen LogP contribution in [0.4, 0.5) is 0 Å². The molecule has 0 bridgehead atoms. The molecule has 1 saturated carbocycles. The number of carbonyl (C=O) groups excluding carboxylic acids is 1.